The van der Waals surface area contributed by atoms with Crippen molar-refractivity contribution in [2.45, 2.75) is 38.4 Å². The molecule has 0 N–H and O–H groups in total. The monoisotopic (exact) mass is 511 g/mol. The van der Waals surface area contributed by atoms with E-state index in [1.165, 1.54) is 22.8 Å². The Morgan fingerprint density at radius 3 is 2.44 bits per heavy atom. The van der Waals surface area contributed by atoms with Crippen molar-refractivity contribution in [3.8, 4) is 0 Å². The van der Waals surface area contributed by atoms with E-state index >= 15 is 0 Å². The summed E-state index contributed by atoms with van der Waals surface area (Å²) in [5.74, 6) is 0. The first-order valence-corrected chi connectivity index (χ1v) is 12.4. The second-order valence-corrected chi connectivity index (χ2v) is 9.96. The molecule has 10 nitrogen and oxygen atoms in total. The van der Waals surface area contributed by atoms with Crippen LogP contribution < -0.4 is 15.6 Å². The summed E-state index contributed by atoms with van der Waals surface area (Å²) in [5.41, 5.74) is 0.559. The molecule has 3 heterocycles. The van der Waals surface area contributed by atoms with Gasteiger partial charge in [-0.25, -0.2) is 9.18 Å². The molecule has 1 fully saturated rings. The molecule has 0 radical (unpaired) electrons. The SMILES string of the molecule is Cc1ccc(Cn2c(=O)n(Cc3cnn(C)c3)c(=O)c3cc(N(S(=O)[O-])C4(CF)CC4)ccc32)cn1. The van der Waals surface area contributed by atoms with Crippen LogP contribution in [0.25, 0.3) is 10.9 Å². The highest BCUT2D eigenvalue weighted by Crippen LogP contribution is 2.45. The van der Waals surface area contributed by atoms with Crippen LogP contribution in [0.2, 0.25) is 0 Å². The van der Waals surface area contributed by atoms with Gasteiger partial charge in [0, 0.05) is 47.7 Å². The molecule has 12 heteroatoms. The first-order valence-electron chi connectivity index (χ1n) is 11.3. The number of rotatable bonds is 8. The highest BCUT2D eigenvalue weighted by atomic mass is 32.2. The third-order valence-electron chi connectivity index (χ3n) is 6.51. The molecule has 1 aromatic carbocycles. The lowest BCUT2D eigenvalue weighted by molar-refractivity contribution is 0.411. The van der Waals surface area contributed by atoms with E-state index in [0.29, 0.717) is 23.9 Å². The van der Waals surface area contributed by atoms with Gasteiger partial charge in [0.2, 0.25) is 0 Å². The standard InChI is InChI=1S/C24H25FN6O4S/c1-16-3-4-17(10-26-16)13-29-21-6-5-19(31(36(34)35)24(15-25)7-8-24)9-20(21)22(32)30(23(29)33)14-18-11-27-28(2)12-18/h3-6,9-12H,7-8,13-15H2,1-2H3,(H,34,35)/p-1. The molecule has 1 saturated carbocycles. The van der Waals surface area contributed by atoms with Crippen molar-refractivity contribution in [2.75, 3.05) is 11.0 Å². The minimum absolute atomic E-state index is 0.0105. The van der Waals surface area contributed by atoms with Crippen LogP contribution in [0.5, 0.6) is 0 Å². The van der Waals surface area contributed by atoms with Crippen molar-refractivity contribution in [2.24, 2.45) is 7.05 Å². The predicted octanol–water partition coefficient (Wildman–Crippen LogP) is 1.80. The van der Waals surface area contributed by atoms with Gasteiger partial charge < -0.3 is 4.55 Å². The van der Waals surface area contributed by atoms with Gasteiger partial charge in [-0.1, -0.05) is 6.07 Å². The third-order valence-corrected chi connectivity index (χ3v) is 7.41. The number of hydrogen-bond acceptors (Lipinski definition) is 6. The molecular weight excluding hydrogens is 487 g/mol. The lowest BCUT2D eigenvalue weighted by atomic mass is 10.1. The van der Waals surface area contributed by atoms with Crippen LogP contribution in [0, 0.1) is 6.92 Å². The van der Waals surface area contributed by atoms with Crippen molar-refractivity contribution in [3.05, 3.63) is 86.6 Å². The Morgan fingerprint density at radius 1 is 1.11 bits per heavy atom. The molecule has 1 atom stereocenters. The number of fused-ring (bicyclic) bond motifs is 1. The maximum atomic E-state index is 13.8. The van der Waals surface area contributed by atoms with E-state index < -0.39 is 34.7 Å². The number of nitrogens with zero attached hydrogens (tertiary/aromatic N) is 6. The molecule has 4 aromatic rings. The molecule has 36 heavy (non-hydrogen) atoms. The van der Waals surface area contributed by atoms with Gasteiger partial charge in [0.05, 0.1) is 35.7 Å². The molecular formula is C24H24FN6O4S-. The molecule has 3 aromatic heterocycles. The van der Waals surface area contributed by atoms with Gasteiger partial charge >= 0.3 is 5.69 Å². The summed E-state index contributed by atoms with van der Waals surface area (Å²) in [4.78, 5) is 31.4. The molecule has 1 aliphatic rings. The van der Waals surface area contributed by atoms with Gasteiger partial charge in [-0.2, -0.15) is 5.10 Å². The van der Waals surface area contributed by atoms with Crippen LogP contribution in [0.4, 0.5) is 10.1 Å². The molecule has 0 amide bonds. The molecule has 1 unspecified atom stereocenters. The Hall–Kier alpha value is -3.64. The van der Waals surface area contributed by atoms with E-state index in [1.807, 2.05) is 19.1 Å². The molecule has 188 valence electrons. The largest absolute Gasteiger partial charge is 0.755 e. The Labute approximate surface area is 208 Å². The molecule has 5 rings (SSSR count). The molecule has 0 spiro atoms. The van der Waals surface area contributed by atoms with Crippen LogP contribution in [0.1, 0.15) is 29.7 Å². The summed E-state index contributed by atoms with van der Waals surface area (Å²) in [5, 5.41) is 4.26. The number of halogens is 1. The van der Waals surface area contributed by atoms with E-state index in [-0.39, 0.29) is 24.2 Å². The number of benzene rings is 1. The van der Waals surface area contributed by atoms with E-state index in [4.69, 9.17) is 0 Å². The zero-order chi connectivity index (χ0) is 25.6. The average molecular weight is 512 g/mol. The van der Waals surface area contributed by atoms with Crippen molar-refractivity contribution in [1.82, 2.24) is 23.9 Å². The summed E-state index contributed by atoms with van der Waals surface area (Å²) in [6.45, 7) is 1.17. The lowest BCUT2D eigenvalue weighted by Crippen LogP contribution is -2.42. The molecule has 1 aliphatic carbocycles. The first-order chi connectivity index (χ1) is 17.2. The van der Waals surface area contributed by atoms with E-state index in [1.54, 1.807) is 30.3 Å². The Bertz CT molecular complexity index is 1590. The maximum Gasteiger partial charge on any atom is 0.332 e. The first kappa shape index (κ1) is 24.1. The van der Waals surface area contributed by atoms with Crippen LogP contribution in [-0.2, 0) is 31.4 Å². The van der Waals surface area contributed by atoms with Crippen LogP contribution in [0.15, 0.2) is 58.5 Å². The van der Waals surface area contributed by atoms with E-state index in [2.05, 4.69) is 10.1 Å². The highest BCUT2D eigenvalue weighted by Gasteiger charge is 2.49. The smallest absolute Gasteiger partial charge is 0.332 e. The van der Waals surface area contributed by atoms with Crippen molar-refractivity contribution >= 4 is 27.9 Å². The number of anilines is 1. The summed E-state index contributed by atoms with van der Waals surface area (Å²) < 4.78 is 43.1. The predicted molar refractivity (Wildman–Crippen MR) is 132 cm³/mol. The van der Waals surface area contributed by atoms with Gasteiger partial charge in [0.25, 0.3) is 5.56 Å². The second kappa shape index (κ2) is 9.10. The Morgan fingerprint density at radius 2 is 1.86 bits per heavy atom. The van der Waals surface area contributed by atoms with Gasteiger partial charge in [-0.3, -0.25) is 32.1 Å². The topological polar surface area (TPSA) is 118 Å². The van der Waals surface area contributed by atoms with Crippen molar-refractivity contribution in [1.29, 1.82) is 0 Å². The Balaban J connectivity index is 1.71. The maximum absolute atomic E-state index is 13.8. The van der Waals surface area contributed by atoms with Crippen molar-refractivity contribution in [3.63, 3.8) is 0 Å². The second-order valence-electron chi connectivity index (χ2n) is 9.16. The van der Waals surface area contributed by atoms with E-state index in [9.17, 15) is 22.7 Å². The average Bonchev–Trinajstić information content (AvgIpc) is 3.53. The van der Waals surface area contributed by atoms with Crippen LogP contribution in [-0.4, -0.2) is 44.9 Å². The fraction of sp³-hybridized carbons (Fsp3) is 0.333. The minimum Gasteiger partial charge on any atom is -0.755 e. The number of aryl methyl sites for hydroxylation is 2. The number of alkyl halides is 1. The van der Waals surface area contributed by atoms with Gasteiger partial charge in [0.15, 0.2) is 0 Å². The lowest BCUT2D eigenvalue weighted by Gasteiger charge is -2.33. The Kier molecular flexibility index (Phi) is 6.08. The zero-order valence-electron chi connectivity index (χ0n) is 19.8. The highest BCUT2D eigenvalue weighted by molar-refractivity contribution is 7.80. The van der Waals surface area contributed by atoms with Gasteiger partial charge in [0.1, 0.15) is 6.67 Å². The summed E-state index contributed by atoms with van der Waals surface area (Å²) in [6.07, 6.45) is 5.72. The third kappa shape index (κ3) is 4.26. The number of hydrogen-bond donors (Lipinski definition) is 0. The minimum atomic E-state index is -2.74. The number of aromatic nitrogens is 5. The zero-order valence-corrected chi connectivity index (χ0v) is 20.6. The molecule has 0 saturated heterocycles. The van der Waals surface area contributed by atoms with Crippen LogP contribution in [0.3, 0.4) is 0 Å². The quantitative estimate of drug-likeness (QED) is 0.333. The molecule has 0 bridgehead atoms. The normalized spacial score (nSPS) is 15.2. The summed E-state index contributed by atoms with van der Waals surface area (Å²) >= 11 is -2.74. The van der Waals surface area contributed by atoms with Gasteiger partial charge in [-0.05, 0) is 49.6 Å². The summed E-state index contributed by atoms with van der Waals surface area (Å²) in [7, 11) is 1.73. The molecule has 0 aliphatic heterocycles. The van der Waals surface area contributed by atoms with Gasteiger partial charge in [-0.15, -0.1) is 0 Å². The van der Waals surface area contributed by atoms with Crippen molar-refractivity contribution < 1.29 is 13.2 Å². The fourth-order valence-electron chi connectivity index (χ4n) is 4.39. The number of pyridine rings is 1. The van der Waals surface area contributed by atoms with E-state index in [0.717, 1.165) is 20.1 Å². The summed E-state index contributed by atoms with van der Waals surface area (Å²) in [6, 6.07) is 8.15. The van der Waals surface area contributed by atoms with Crippen LogP contribution >= 0.6 is 0 Å². The fourth-order valence-corrected chi connectivity index (χ4v) is 5.23.